The first-order valence-electron chi connectivity index (χ1n) is 8.52. The summed E-state index contributed by atoms with van der Waals surface area (Å²) in [4.78, 5) is 27.3. The topological polar surface area (TPSA) is 61.4 Å². The van der Waals surface area contributed by atoms with Gasteiger partial charge in [-0.1, -0.05) is 36.4 Å². The SMILES string of the molecule is CCN1C2=C(C(=O)NC2=O)C2c3ccccc3NC2c2ccccc21. The Morgan fingerprint density at radius 1 is 0.960 bits per heavy atom. The number of fused-ring (bicyclic) bond motifs is 6. The first kappa shape index (κ1) is 14.3. The highest BCUT2D eigenvalue weighted by atomic mass is 16.2. The molecule has 0 radical (unpaired) electrons. The molecule has 25 heavy (non-hydrogen) atoms. The third-order valence-corrected chi connectivity index (χ3v) is 5.34. The molecule has 2 unspecified atom stereocenters. The molecule has 2 aromatic carbocycles. The van der Waals surface area contributed by atoms with E-state index in [2.05, 4.69) is 16.7 Å². The van der Waals surface area contributed by atoms with Crippen molar-refractivity contribution in [3.8, 4) is 0 Å². The molecule has 3 heterocycles. The average molecular weight is 331 g/mol. The van der Waals surface area contributed by atoms with Gasteiger partial charge >= 0.3 is 0 Å². The molecular weight excluding hydrogens is 314 g/mol. The number of nitrogens with one attached hydrogen (secondary N) is 2. The van der Waals surface area contributed by atoms with E-state index in [1.165, 1.54) is 0 Å². The van der Waals surface area contributed by atoms with Crippen LogP contribution in [0.1, 0.15) is 30.0 Å². The molecule has 0 bridgehead atoms. The molecule has 5 heteroatoms. The Labute approximate surface area is 145 Å². The molecule has 2 N–H and O–H groups in total. The Morgan fingerprint density at radius 3 is 2.48 bits per heavy atom. The molecule has 2 amide bonds. The van der Waals surface area contributed by atoms with Crippen molar-refractivity contribution in [3.05, 3.63) is 70.9 Å². The Bertz CT molecular complexity index is 963. The number of benzene rings is 2. The zero-order valence-corrected chi connectivity index (χ0v) is 13.7. The minimum atomic E-state index is -0.304. The van der Waals surface area contributed by atoms with Gasteiger partial charge in [0.2, 0.25) is 0 Å². The molecule has 0 aromatic heterocycles. The normalized spacial score (nSPS) is 23.3. The summed E-state index contributed by atoms with van der Waals surface area (Å²) in [6.45, 7) is 2.62. The highest BCUT2D eigenvalue weighted by Crippen LogP contribution is 2.53. The fourth-order valence-corrected chi connectivity index (χ4v) is 4.37. The zero-order chi connectivity index (χ0) is 17.1. The number of carbonyl (C=O) groups is 2. The van der Waals surface area contributed by atoms with E-state index in [1.807, 2.05) is 54.3 Å². The Morgan fingerprint density at radius 2 is 1.68 bits per heavy atom. The van der Waals surface area contributed by atoms with Gasteiger partial charge in [-0.3, -0.25) is 14.9 Å². The minimum absolute atomic E-state index is 0.0631. The number of para-hydroxylation sites is 2. The lowest BCUT2D eigenvalue weighted by atomic mass is 9.84. The number of likely N-dealkylation sites (N-methyl/N-ethyl adjacent to an activating group) is 1. The lowest BCUT2D eigenvalue weighted by Crippen LogP contribution is -2.31. The van der Waals surface area contributed by atoms with E-state index in [9.17, 15) is 9.59 Å². The highest BCUT2D eigenvalue weighted by molar-refractivity contribution is 6.22. The summed E-state index contributed by atoms with van der Waals surface area (Å²) < 4.78 is 0. The maximum atomic E-state index is 12.7. The number of hydrogen-bond donors (Lipinski definition) is 2. The van der Waals surface area contributed by atoms with Gasteiger partial charge < -0.3 is 10.2 Å². The number of anilines is 2. The fraction of sp³-hybridized carbons (Fsp3) is 0.200. The summed E-state index contributed by atoms with van der Waals surface area (Å²) in [5.74, 6) is -0.753. The van der Waals surface area contributed by atoms with Gasteiger partial charge in [-0.2, -0.15) is 0 Å². The molecule has 0 aliphatic carbocycles. The van der Waals surface area contributed by atoms with Crippen LogP contribution in [0, 0.1) is 0 Å². The van der Waals surface area contributed by atoms with E-state index >= 15 is 0 Å². The van der Waals surface area contributed by atoms with Crippen LogP contribution < -0.4 is 15.5 Å². The van der Waals surface area contributed by atoms with Crippen molar-refractivity contribution in [1.82, 2.24) is 5.32 Å². The summed E-state index contributed by atoms with van der Waals surface area (Å²) in [7, 11) is 0. The largest absolute Gasteiger partial charge is 0.377 e. The number of amides is 2. The van der Waals surface area contributed by atoms with Gasteiger partial charge in [0.05, 0.1) is 11.6 Å². The van der Waals surface area contributed by atoms with Gasteiger partial charge in [-0.25, -0.2) is 0 Å². The van der Waals surface area contributed by atoms with Crippen LogP contribution in [0.15, 0.2) is 59.8 Å². The molecule has 2 aromatic rings. The van der Waals surface area contributed by atoms with Crippen LogP contribution in [-0.4, -0.2) is 18.4 Å². The molecule has 0 saturated carbocycles. The van der Waals surface area contributed by atoms with Crippen LogP contribution in [0.4, 0.5) is 11.4 Å². The quantitative estimate of drug-likeness (QED) is 0.789. The minimum Gasteiger partial charge on any atom is -0.377 e. The standard InChI is InChI=1S/C20H17N3O2/c1-2-23-14-10-6-4-8-12(14)17-15(11-7-3-5-9-13(11)21-17)16-18(23)20(25)22-19(16)24/h3-10,15,17,21H,2H2,1H3,(H,22,24,25). The van der Waals surface area contributed by atoms with E-state index in [0.717, 1.165) is 22.5 Å². The van der Waals surface area contributed by atoms with Crippen LogP contribution >= 0.6 is 0 Å². The maximum Gasteiger partial charge on any atom is 0.275 e. The zero-order valence-electron chi connectivity index (χ0n) is 13.7. The lowest BCUT2D eigenvalue weighted by molar-refractivity contribution is -0.124. The van der Waals surface area contributed by atoms with Crippen molar-refractivity contribution < 1.29 is 9.59 Å². The second-order valence-electron chi connectivity index (χ2n) is 6.54. The summed E-state index contributed by atoms with van der Waals surface area (Å²) in [6.07, 6.45) is 0. The summed E-state index contributed by atoms with van der Waals surface area (Å²) in [5, 5.41) is 6.08. The van der Waals surface area contributed by atoms with Crippen molar-refractivity contribution in [2.45, 2.75) is 18.9 Å². The molecule has 5 nitrogen and oxygen atoms in total. The van der Waals surface area contributed by atoms with Crippen molar-refractivity contribution in [2.75, 3.05) is 16.8 Å². The van der Waals surface area contributed by atoms with Gasteiger partial charge in [0, 0.05) is 23.8 Å². The molecule has 124 valence electrons. The van der Waals surface area contributed by atoms with Gasteiger partial charge in [0.25, 0.3) is 11.8 Å². The van der Waals surface area contributed by atoms with E-state index in [0.29, 0.717) is 17.8 Å². The number of carbonyl (C=O) groups excluding carboxylic acids is 2. The van der Waals surface area contributed by atoms with Gasteiger partial charge in [0.1, 0.15) is 5.70 Å². The van der Waals surface area contributed by atoms with Crippen LogP contribution in [0.2, 0.25) is 0 Å². The number of rotatable bonds is 1. The molecule has 2 atom stereocenters. The van der Waals surface area contributed by atoms with Crippen molar-refractivity contribution >= 4 is 23.2 Å². The van der Waals surface area contributed by atoms with Crippen molar-refractivity contribution in [1.29, 1.82) is 0 Å². The van der Waals surface area contributed by atoms with E-state index < -0.39 is 0 Å². The summed E-state index contributed by atoms with van der Waals surface area (Å²) >= 11 is 0. The summed E-state index contributed by atoms with van der Waals surface area (Å²) in [5.41, 5.74) is 5.25. The highest BCUT2D eigenvalue weighted by Gasteiger charge is 2.48. The Kier molecular flexibility index (Phi) is 2.83. The van der Waals surface area contributed by atoms with E-state index in [4.69, 9.17) is 0 Å². The van der Waals surface area contributed by atoms with Gasteiger partial charge in [-0.15, -0.1) is 0 Å². The predicted octanol–water partition coefficient (Wildman–Crippen LogP) is 2.69. The van der Waals surface area contributed by atoms with Crippen molar-refractivity contribution in [2.24, 2.45) is 0 Å². The van der Waals surface area contributed by atoms with E-state index in [-0.39, 0.29) is 23.8 Å². The molecular formula is C20H17N3O2. The first-order chi connectivity index (χ1) is 12.2. The van der Waals surface area contributed by atoms with Gasteiger partial charge in [-0.05, 0) is 30.2 Å². The number of nitrogens with zero attached hydrogens (tertiary/aromatic N) is 1. The molecule has 3 aliphatic rings. The second-order valence-corrected chi connectivity index (χ2v) is 6.54. The van der Waals surface area contributed by atoms with Gasteiger partial charge in [0.15, 0.2) is 0 Å². The van der Waals surface area contributed by atoms with Crippen LogP contribution in [0.3, 0.4) is 0 Å². The third-order valence-electron chi connectivity index (χ3n) is 5.34. The van der Waals surface area contributed by atoms with Crippen molar-refractivity contribution in [3.63, 3.8) is 0 Å². The smallest absolute Gasteiger partial charge is 0.275 e. The molecule has 5 rings (SSSR count). The lowest BCUT2D eigenvalue weighted by Gasteiger charge is -2.26. The van der Waals surface area contributed by atoms with Crippen LogP contribution in [0.25, 0.3) is 0 Å². The van der Waals surface area contributed by atoms with Crippen LogP contribution in [0.5, 0.6) is 0 Å². The third kappa shape index (κ3) is 1.78. The number of hydrogen-bond acceptors (Lipinski definition) is 4. The first-order valence-corrected chi connectivity index (χ1v) is 8.52. The predicted molar refractivity (Wildman–Crippen MR) is 95.2 cm³/mol. The Balaban J connectivity index is 1.85. The van der Waals surface area contributed by atoms with Crippen LogP contribution in [-0.2, 0) is 9.59 Å². The molecule has 0 spiro atoms. The second kappa shape index (κ2) is 4.96. The summed E-state index contributed by atoms with van der Waals surface area (Å²) in [6, 6.07) is 16.0. The van der Waals surface area contributed by atoms with E-state index in [1.54, 1.807) is 0 Å². The molecule has 0 fully saturated rings. The molecule has 0 saturated heterocycles. The fourth-order valence-electron chi connectivity index (χ4n) is 4.37. The average Bonchev–Trinajstić information content (AvgIpc) is 3.09. The monoisotopic (exact) mass is 331 g/mol. The Hall–Kier alpha value is -3.08. The number of imide groups is 1. The molecule has 3 aliphatic heterocycles. The maximum absolute atomic E-state index is 12.7.